The number of halogens is 2. The number of hydrogen-bond donors (Lipinski definition) is 2. The number of aliphatic hydroxyl groups excluding tert-OH is 1. The van der Waals surface area contributed by atoms with Gasteiger partial charge in [-0.1, -0.05) is 43.1 Å². The van der Waals surface area contributed by atoms with Gasteiger partial charge in [0.1, 0.15) is 5.82 Å². The van der Waals surface area contributed by atoms with Crippen molar-refractivity contribution in [2.45, 2.75) is 26.7 Å². The van der Waals surface area contributed by atoms with E-state index in [4.69, 9.17) is 33.3 Å². The zero-order valence-electron chi connectivity index (χ0n) is 15.3. The van der Waals surface area contributed by atoms with Crippen LogP contribution in [0.5, 0.6) is 0 Å². The van der Waals surface area contributed by atoms with E-state index in [1.165, 1.54) is 12.8 Å². The number of pyridine rings is 1. The third kappa shape index (κ3) is 4.11. The predicted molar refractivity (Wildman–Crippen MR) is 110 cm³/mol. The molecule has 1 aliphatic rings. The van der Waals surface area contributed by atoms with Gasteiger partial charge < -0.3 is 10.0 Å². The molecule has 1 aromatic carbocycles. The van der Waals surface area contributed by atoms with Crippen molar-refractivity contribution in [2.24, 2.45) is 0 Å². The lowest BCUT2D eigenvalue weighted by Gasteiger charge is -2.19. The second kappa shape index (κ2) is 9.76. The molecule has 0 atom stereocenters. The van der Waals surface area contributed by atoms with Gasteiger partial charge in [0.15, 0.2) is 0 Å². The van der Waals surface area contributed by atoms with Crippen LogP contribution in [0.25, 0.3) is 22.0 Å². The Labute approximate surface area is 164 Å². The van der Waals surface area contributed by atoms with Gasteiger partial charge in [-0.15, -0.1) is 0 Å². The van der Waals surface area contributed by atoms with Gasteiger partial charge in [-0.05, 0) is 30.5 Å². The van der Waals surface area contributed by atoms with E-state index in [0.717, 1.165) is 48.0 Å². The van der Waals surface area contributed by atoms with Gasteiger partial charge in [0.05, 0.1) is 21.8 Å². The summed E-state index contributed by atoms with van der Waals surface area (Å²) in [6.07, 6.45) is 6.09. The summed E-state index contributed by atoms with van der Waals surface area (Å²) >= 11 is 12.6. The second-order valence-electron chi connectivity index (χ2n) is 5.47. The molecule has 1 saturated heterocycles. The number of anilines is 1. The van der Waals surface area contributed by atoms with Crippen molar-refractivity contribution >= 4 is 39.9 Å². The maximum atomic E-state index is 7.00. The van der Waals surface area contributed by atoms with E-state index >= 15 is 0 Å². The van der Waals surface area contributed by atoms with Crippen LogP contribution in [0.3, 0.4) is 0 Å². The third-order valence-electron chi connectivity index (χ3n) is 4.10. The molecule has 0 spiro atoms. The van der Waals surface area contributed by atoms with Crippen LogP contribution in [-0.4, -0.2) is 40.5 Å². The molecule has 0 bridgehead atoms. The van der Waals surface area contributed by atoms with Gasteiger partial charge in [-0.3, -0.25) is 5.10 Å². The first kappa shape index (κ1) is 20.5. The molecule has 0 amide bonds. The quantitative estimate of drug-likeness (QED) is 0.629. The number of nitrogens with one attached hydrogen (secondary N) is 1. The molecule has 0 radical (unpaired) electrons. The highest BCUT2D eigenvalue weighted by molar-refractivity contribution is 6.45. The maximum Gasteiger partial charge on any atom is 0.129 e. The maximum absolute atomic E-state index is 7.00. The number of hydrogen-bond acceptors (Lipinski definition) is 4. The summed E-state index contributed by atoms with van der Waals surface area (Å²) in [6, 6.07) is 5.89. The first-order chi connectivity index (χ1) is 12.7. The van der Waals surface area contributed by atoms with Crippen molar-refractivity contribution in [2.75, 3.05) is 25.1 Å². The minimum atomic E-state index is 0.505. The number of benzene rings is 1. The largest absolute Gasteiger partial charge is 0.400 e. The number of aliphatic hydroxyl groups is 1. The Bertz CT molecular complexity index is 831. The summed E-state index contributed by atoms with van der Waals surface area (Å²) in [5.41, 5.74) is 2.83. The topological polar surface area (TPSA) is 65.0 Å². The van der Waals surface area contributed by atoms with Crippen molar-refractivity contribution in [3.05, 3.63) is 40.6 Å². The number of nitrogens with zero attached hydrogens (tertiary/aromatic N) is 3. The monoisotopic (exact) mass is 394 g/mol. The van der Waals surface area contributed by atoms with Gasteiger partial charge in [-0.25, -0.2) is 4.98 Å². The number of aromatic nitrogens is 3. The zero-order chi connectivity index (χ0) is 19.1. The summed E-state index contributed by atoms with van der Waals surface area (Å²) in [5.74, 6) is 0.949. The van der Waals surface area contributed by atoms with Gasteiger partial charge in [-0.2, -0.15) is 5.10 Å². The molecule has 26 heavy (non-hydrogen) atoms. The lowest BCUT2D eigenvalue weighted by molar-refractivity contribution is 0.399. The van der Waals surface area contributed by atoms with Gasteiger partial charge in [0, 0.05) is 37.3 Å². The van der Waals surface area contributed by atoms with Gasteiger partial charge in [0.2, 0.25) is 0 Å². The van der Waals surface area contributed by atoms with Crippen molar-refractivity contribution < 1.29 is 5.11 Å². The van der Waals surface area contributed by atoms with E-state index in [9.17, 15) is 0 Å². The van der Waals surface area contributed by atoms with Crippen LogP contribution < -0.4 is 4.90 Å². The van der Waals surface area contributed by atoms with Crippen LogP contribution in [0.15, 0.2) is 30.6 Å². The molecule has 2 aromatic heterocycles. The predicted octanol–water partition coefficient (Wildman–Crippen LogP) is 5.17. The first-order valence-corrected chi connectivity index (χ1v) is 9.47. The van der Waals surface area contributed by atoms with E-state index in [1.807, 2.05) is 38.4 Å². The molecule has 1 fully saturated rings. The SMILES string of the molecule is CC.CO.Clc1ccc2c(-c3cn[nH]c3)cc(N3CCCC3)nc2c1Cl. The fourth-order valence-electron chi connectivity index (χ4n) is 2.97. The highest BCUT2D eigenvalue weighted by Crippen LogP contribution is 2.37. The first-order valence-electron chi connectivity index (χ1n) is 8.71. The Balaban J connectivity index is 0.000000570. The van der Waals surface area contributed by atoms with Gasteiger partial charge in [0.25, 0.3) is 0 Å². The summed E-state index contributed by atoms with van der Waals surface area (Å²) < 4.78 is 0. The molecule has 5 nitrogen and oxygen atoms in total. The minimum absolute atomic E-state index is 0.505. The average Bonchev–Trinajstić information content (AvgIpc) is 3.41. The molecule has 3 aromatic rings. The molecule has 0 aliphatic carbocycles. The number of fused-ring (bicyclic) bond motifs is 1. The highest BCUT2D eigenvalue weighted by Gasteiger charge is 2.18. The fraction of sp³-hybridized carbons (Fsp3) is 0.368. The van der Waals surface area contributed by atoms with Crippen LogP contribution in [0.1, 0.15) is 26.7 Å². The van der Waals surface area contributed by atoms with E-state index in [-0.39, 0.29) is 0 Å². The van der Waals surface area contributed by atoms with Crippen molar-refractivity contribution in [3.63, 3.8) is 0 Å². The van der Waals surface area contributed by atoms with Crippen LogP contribution >= 0.6 is 23.2 Å². The Morgan fingerprint density at radius 2 is 1.81 bits per heavy atom. The normalized spacial score (nSPS) is 13.1. The van der Waals surface area contributed by atoms with Crippen LogP contribution in [0, 0.1) is 0 Å². The fourth-order valence-corrected chi connectivity index (χ4v) is 3.33. The average molecular weight is 395 g/mol. The Kier molecular flexibility index (Phi) is 7.69. The molecular weight excluding hydrogens is 371 g/mol. The molecule has 3 heterocycles. The van der Waals surface area contributed by atoms with E-state index < -0.39 is 0 Å². The second-order valence-corrected chi connectivity index (χ2v) is 6.25. The number of H-pyrrole nitrogens is 1. The van der Waals surface area contributed by atoms with Crippen LogP contribution in [0.4, 0.5) is 5.82 Å². The highest BCUT2D eigenvalue weighted by atomic mass is 35.5. The summed E-state index contributed by atoms with van der Waals surface area (Å²) in [6.45, 7) is 6.06. The number of rotatable bonds is 2. The zero-order valence-corrected chi connectivity index (χ0v) is 16.8. The van der Waals surface area contributed by atoms with Gasteiger partial charge >= 0.3 is 0 Å². The van der Waals surface area contributed by atoms with E-state index in [1.54, 1.807) is 0 Å². The molecule has 7 heteroatoms. The third-order valence-corrected chi connectivity index (χ3v) is 4.89. The molecular formula is C19H24Cl2N4O. The number of aromatic amines is 1. The molecule has 4 rings (SSSR count). The van der Waals surface area contributed by atoms with Crippen molar-refractivity contribution in [1.82, 2.24) is 15.2 Å². The Morgan fingerprint density at radius 1 is 1.12 bits per heavy atom. The van der Waals surface area contributed by atoms with Crippen molar-refractivity contribution in [3.8, 4) is 11.1 Å². The van der Waals surface area contributed by atoms with E-state index in [0.29, 0.717) is 10.0 Å². The summed E-state index contributed by atoms with van der Waals surface area (Å²) in [4.78, 5) is 7.06. The summed E-state index contributed by atoms with van der Waals surface area (Å²) in [7, 11) is 1.00. The Morgan fingerprint density at radius 3 is 2.42 bits per heavy atom. The lowest BCUT2D eigenvalue weighted by Crippen LogP contribution is -2.19. The lowest BCUT2D eigenvalue weighted by atomic mass is 10.0. The molecule has 2 N–H and O–H groups in total. The smallest absolute Gasteiger partial charge is 0.129 e. The van der Waals surface area contributed by atoms with Crippen LogP contribution in [0.2, 0.25) is 10.0 Å². The minimum Gasteiger partial charge on any atom is -0.400 e. The Hall–Kier alpha value is -1.82. The molecule has 1 aliphatic heterocycles. The molecule has 140 valence electrons. The molecule has 0 unspecified atom stereocenters. The van der Waals surface area contributed by atoms with Crippen LogP contribution in [-0.2, 0) is 0 Å². The molecule has 0 saturated carbocycles. The van der Waals surface area contributed by atoms with E-state index in [2.05, 4.69) is 21.2 Å². The summed E-state index contributed by atoms with van der Waals surface area (Å²) in [5, 5.41) is 15.9. The standard InChI is InChI=1S/C16H14Cl2N4.C2H6.CH4O/c17-13-4-3-11-12(10-8-19-20-9-10)7-14(21-16(11)15(13)18)22-5-1-2-6-22;2*1-2/h3-4,7-9H,1-2,5-6H2,(H,19,20);1-2H3;2H,1H3. The van der Waals surface area contributed by atoms with Crippen molar-refractivity contribution in [1.29, 1.82) is 0 Å².